The molecule has 0 bridgehead atoms. The number of aryl methyl sites for hydroxylation is 3. The van der Waals surface area contributed by atoms with Crippen LogP contribution in [0.3, 0.4) is 0 Å². The molecule has 0 heterocycles. The Morgan fingerprint density at radius 3 is 1.89 bits per heavy atom. The van der Waals surface area contributed by atoms with Crippen molar-refractivity contribution < 1.29 is 13.2 Å². The lowest BCUT2D eigenvalue weighted by Crippen LogP contribution is -2.34. The summed E-state index contributed by atoms with van der Waals surface area (Å²) in [5.74, 6) is 0.278. The van der Waals surface area contributed by atoms with Gasteiger partial charge in [-0.1, -0.05) is 71.0 Å². The van der Waals surface area contributed by atoms with E-state index in [-0.39, 0.29) is 35.6 Å². The highest BCUT2D eigenvalue weighted by molar-refractivity contribution is 7.92. The molecule has 3 aromatic rings. The zero-order valence-corrected chi connectivity index (χ0v) is 23.9. The number of anilines is 2. The number of carbonyl (C=O) groups is 1. The second-order valence-electron chi connectivity index (χ2n) is 10.3. The van der Waals surface area contributed by atoms with Gasteiger partial charge in [0, 0.05) is 18.7 Å². The molecular formula is C31H40N2O3S. The fourth-order valence-corrected chi connectivity index (χ4v) is 6.06. The molecule has 1 N–H and O–H groups in total. The van der Waals surface area contributed by atoms with Crippen molar-refractivity contribution in [1.29, 1.82) is 0 Å². The molecule has 5 nitrogen and oxygen atoms in total. The van der Waals surface area contributed by atoms with Crippen molar-refractivity contribution >= 4 is 27.3 Å². The molecule has 0 saturated carbocycles. The number of hydrogen-bond acceptors (Lipinski definition) is 3. The molecule has 6 heteroatoms. The quantitative estimate of drug-likeness (QED) is 0.304. The van der Waals surface area contributed by atoms with Crippen LogP contribution in [0.5, 0.6) is 0 Å². The second kappa shape index (κ2) is 12.0. The van der Waals surface area contributed by atoms with Crippen LogP contribution in [-0.4, -0.2) is 20.9 Å². The molecule has 37 heavy (non-hydrogen) atoms. The van der Waals surface area contributed by atoms with E-state index in [1.165, 1.54) is 4.31 Å². The van der Waals surface area contributed by atoms with Crippen molar-refractivity contribution in [3.63, 3.8) is 0 Å². The monoisotopic (exact) mass is 520 g/mol. The summed E-state index contributed by atoms with van der Waals surface area (Å²) in [6, 6.07) is 18.8. The summed E-state index contributed by atoms with van der Waals surface area (Å²) in [6.45, 7) is 14.4. The Bertz CT molecular complexity index is 1300. The predicted molar refractivity (Wildman–Crippen MR) is 154 cm³/mol. The normalized spacial score (nSPS) is 11.7. The topological polar surface area (TPSA) is 66.5 Å². The number of rotatable bonds is 10. The molecule has 0 aliphatic carbocycles. The van der Waals surface area contributed by atoms with Gasteiger partial charge in [-0.15, -0.1) is 0 Å². The minimum atomic E-state index is -3.87. The molecule has 0 aliphatic heterocycles. The molecule has 0 spiro atoms. The first-order valence-electron chi connectivity index (χ1n) is 13.1. The molecule has 0 fully saturated rings. The Morgan fingerprint density at radius 2 is 1.41 bits per heavy atom. The van der Waals surface area contributed by atoms with E-state index in [1.807, 2.05) is 69.3 Å². The summed E-state index contributed by atoms with van der Waals surface area (Å²) < 4.78 is 29.0. The molecular weight excluding hydrogens is 480 g/mol. The Labute approximate surface area is 223 Å². The highest BCUT2D eigenvalue weighted by Gasteiger charge is 2.26. The number of benzene rings is 3. The van der Waals surface area contributed by atoms with Gasteiger partial charge in [0.2, 0.25) is 5.91 Å². The highest BCUT2D eigenvalue weighted by Crippen LogP contribution is 2.33. The Hall–Kier alpha value is -3.12. The first-order valence-corrected chi connectivity index (χ1v) is 14.5. The Kier molecular flexibility index (Phi) is 9.19. The van der Waals surface area contributed by atoms with Crippen LogP contribution in [-0.2, 0) is 21.2 Å². The molecule has 198 valence electrons. The van der Waals surface area contributed by atoms with Gasteiger partial charge in [0.15, 0.2) is 0 Å². The smallest absolute Gasteiger partial charge is 0.264 e. The van der Waals surface area contributed by atoms with Crippen LogP contribution >= 0.6 is 0 Å². The Balaban J connectivity index is 1.94. The number of para-hydroxylation sites is 1. The number of amides is 1. The van der Waals surface area contributed by atoms with Crippen molar-refractivity contribution in [2.45, 2.75) is 78.0 Å². The number of nitrogens with zero attached hydrogens (tertiary/aromatic N) is 1. The number of hydrogen-bond donors (Lipinski definition) is 1. The molecule has 3 rings (SSSR count). The molecule has 0 atom stereocenters. The molecule has 0 saturated heterocycles. The van der Waals surface area contributed by atoms with E-state index in [9.17, 15) is 13.2 Å². The lowest BCUT2D eigenvalue weighted by Gasteiger charge is -2.26. The predicted octanol–water partition coefficient (Wildman–Crippen LogP) is 7.34. The lowest BCUT2D eigenvalue weighted by atomic mass is 9.92. The zero-order valence-electron chi connectivity index (χ0n) is 23.1. The van der Waals surface area contributed by atoms with Gasteiger partial charge in [-0.2, -0.15) is 0 Å². The van der Waals surface area contributed by atoms with E-state index in [0.717, 1.165) is 39.9 Å². The minimum absolute atomic E-state index is 0.0310. The highest BCUT2D eigenvalue weighted by atomic mass is 32.2. The van der Waals surface area contributed by atoms with Gasteiger partial charge in [-0.3, -0.25) is 9.10 Å². The summed E-state index contributed by atoms with van der Waals surface area (Å²) in [5.41, 5.74) is 6.57. The van der Waals surface area contributed by atoms with Crippen molar-refractivity contribution in [2.75, 3.05) is 16.2 Å². The van der Waals surface area contributed by atoms with Crippen LogP contribution < -0.4 is 9.62 Å². The van der Waals surface area contributed by atoms with Crippen LogP contribution in [0, 0.1) is 13.8 Å². The van der Waals surface area contributed by atoms with Gasteiger partial charge >= 0.3 is 0 Å². The summed E-state index contributed by atoms with van der Waals surface area (Å²) in [4.78, 5) is 13.5. The zero-order chi connectivity index (χ0) is 27.3. The van der Waals surface area contributed by atoms with Crippen LogP contribution in [0.1, 0.15) is 80.7 Å². The maximum atomic E-state index is 13.8. The summed E-state index contributed by atoms with van der Waals surface area (Å²) >= 11 is 0. The number of carbonyl (C=O) groups excluding carboxylic acids is 1. The van der Waals surface area contributed by atoms with Crippen molar-refractivity contribution in [1.82, 2.24) is 0 Å². The van der Waals surface area contributed by atoms with Crippen LogP contribution in [0.4, 0.5) is 11.4 Å². The van der Waals surface area contributed by atoms with E-state index in [2.05, 4.69) is 33.0 Å². The maximum Gasteiger partial charge on any atom is 0.264 e. The fourth-order valence-electron chi connectivity index (χ4n) is 4.61. The largest absolute Gasteiger partial charge is 0.326 e. The van der Waals surface area contributed by atoms with Crippen molar-refractivity contribution in [3.05, 3.63) is 88.5 Å². The van der Waals surface area contributed by atoms with Gasteiger partial charge < -0.3 is 5.32 Å². The molecule has 0 unspecified atom stereocenters. The average Bonchev–Trinajstić information content (AvgIpc) is 2.83. The molecule has 3 aromatic carbocycles. The van der Waals surface area contributed by atoms with Crippen molar-refractivity contribution in [2.24, 2.45) is 0 Å². The molecule has 0 aliphatic rings. The summed E-state index contributed by atoms with van der Waals surface area (Å²) in [5, 5.41) is 3.12. The van der Waals surface area contributed by atoms with Gasteiger partial charge in [0.25, 0.3) is 10.0 Å². The van der Waals surface area contributed by atoms with Gasteiger partial charge in [-0.05, 0) is 84.2 Å². The van der Waals surface area contributed by atoms with Gasteiger partial charge in [-0.25, -0.2) is 8.42 Å². The first-order chi connectivity index (χ1) is 17.4. The summed E-state index contributed by atoms with van der Waals surface area (Å²) in [7, 11) is -3.87. The first kappa shape index (κ1) is 28.5. The maximum absolute atomic E-state index is 13.8. The third kappa shape index (κ3) is 6.80. The standard InChI is InChI=1S/C31H40N2O3S/c1-8-25-12-14-27(15-13-25)37(35,36)33(26-19-23(6)18-24(7)20-26)17-16-30(34)32-31-28(21(2)3)10-9-11-29(31)22(4)5/h9-15,18-22H,8,16-17H2,1-7H3,(H,32,34). The SMILES string of the molecule is CCc1ccc(S(=O)(=O)N(CCC(=O)Nc2c(C(C)C)cccc2C(C)C)c2cc(C)cc(C)c2)cc1. The van der Waals surface area contributed by atoms with E-state index in [4.69, 9.17) is 0 Å². The third-order valence-corrected chi connectivity index (χ3v) is 8.43. The van der Waals surface area contributed by atoms with E-state index >= 15 is 0 Å². The van der Waals surface area contributed by atoms with Crippen LogP contribution in [0.25, 0.3) is 0 Å². The van der Waals surface area contributed by atoms with E-state index < -0.39 is 10.0 Å². The van der Waals surface area contributed by atoms with Gasteiger partial charge in [0.1, 0.15) is 0 Å². The fraction of sp³-hybridized carbons (Fsp3) is 0.387. The summed E-state index contributed by atoms with van der Waals surface area (Å²) in [6.07, 6.45) is 0.862. The molecule has 0 aromatic heterocycles. The Morgan fingerprint density at radius 1 is 0.865 bits per heavy atom. The van der Waals surface area contributed by atoms with E-state index in [0.29, 0.717) is 5.69 Å². The molecule has 0 radical (unpaired) electrons. The molecule has 1 amide bonds. The lowest BCUT2D eigenvalue weighted by molar-refractivity contribution is -0.116. The average molecular weight is 521 g/mol. The number of nitrogens with one attached hydrogen (secondary N) is 1. The minimum Gasteiger partial charge on any atom is -0.326 e. The number of sulfonamides is 1. The second-order valence-corrected chi connectivity index (χ2v) is 12.2. The van der Waals surface area contributed by atoms with E-state index in [1.54, 1.807) is 12.1 Å². The van der Waals surface area contributed by atoms with Crippen molar-refractivity contribution in [3.8, 4) is 0 Å². The van der Waals surface area contributed by atoms with Gasteiger partial charge in [0.05, 0.1) is 10.6 Å². The van der Waals surface area contributed by atoms with Crippen LogP contribution in [0.2, 0.25) is 0 Å². The van der Waals surface area contributed by atoms with Crippen LogP contribution in [0.15, 0.2) is 65.6 Å². The third-order valence-electron chi connectivity index (χ3n) is 6.59.